The Morgan fingerprint density at radius 3 is 3.00 bits per heavy atom. The van der Waals surface area contributed by atoms with Crippen molar-refractivity contribution in [2.75, 3.05) is 26.8 Å². The van der Waals surface area contributed by atoms with Crippen molar-refractivity contribution >= 4 is 6.41 Å². The molecule has 0 atom stereocenters. The van der Waals surface area contributed by atoms with Crippen molar-refractivity contribution in [3.8, 4) is 0 Å². The molecule has 1 heterocycles. The van der Waals surface area contributed by atoms with E-state index >= 15 is 0 Å². The van der Waals surface area contributed by atoms with E-state index in [0.29, 0.717) is 0 Å². The zero-order chi connectivity index (χ0) is 6.69. The Hall–Kier alpha value is -0.610. The SMILES string of the molecule is CN(C=O)N1CCNC1. The molecule has 1 rings (SSSR count). The van der Waals surface area contributed by atoms with Gasteiger partial charge in [-0.05, 0) is 0 Å². The molecule has 4 nitrogen and oxygen atoms in total. The van der Waals surface area contributed by atoms with E-state index in [-0.39, 0.29) is 0 Å². The van der Waals surface area contributed by atoms with E-state index in [1.165, 1.54) is 0 Å². The van der Waals surface area contributed by atoms with E-state index in [9.17, 15) is 4.79 Å². The highest BCUT2D eigenvalue weighted by Gasteiger charge is 2.12. The number of nitrogens with one attached hydrogen (secondary N) is 1. The van der Waals surface area contributed by atoms with Gasteiger partial charge in [-0.3, -0.25) is 9.80 Å². The molecule has 0 aliphatic carbocycles. The summed E-state index contributed by atoms with van der Waals surface area (Å²) >= 11 is 0. The Labute approximate surface area is 54.4 Å². The number of hydrazine groups is 1. The summed E-state index contributed by atoms with van der Waals surface area (Å²) in [5.74, 6) is 0. The maximum atomic E-state index is 10.1. The molecule has 0 aromatic rings. The van der Waals surface area contributed by atoms with Crippen LogP contribution < -0.4 is 5.32 Å². The molecule has 4 heteroatoms. The summed E-state index contributed by atoms with van der Waals surface area (Å²) in [5, 5.41) is 6.61. The normalized spacial score (nSPS) is 20.1. The van der Waals surface area contributed by atoms with Crippen LogP contribution in [0.2, 0.25) is 0 Å². The van der Waals surface area contributed by atoms with Gasteiger partial charge in [0.15, 0.2) is 0 Å². The number of hydrogen-bond donors (Lipinski definition) is 1. The summed E-state index contributed by atoms with van der Waals surface area (Å²) < 4.78 is 0. The van der Waals surface area contributed by atoms with Gasteiger partial charge in [0.25, 0.3) is 0 Å². The molecule has 0 unspecified atom stereocenters. The molecular weight excluding hydrogens is 118 g/mol. The Balaban J connectivity index is 2.32. The van der Waals surface area contributed by atoms with E-state index in [2.05, 4.69) is 5.32 Å². The zero-order valence-corrected chi connectivity index (χ0v) is 5.50. The van der Waals surface area contributed by atoms with Gasteiger partial charge >= 0.3 is 0 Å². The number of nitrogens with zero attached hydrogens (tertiary/aromatic N) is 2. The van der Waals surface area contributed by atoms with Gasteiger partial charge in [-0.1, -0.05) is 0 Å². The van der Waals surface area contributed by atoms with Crippen molar-refractivity contribution in [1.29, 1.82) is 0 Å². The van der Waals surface area contributed by atoms with Crippen LogP contribution in [-0.4, -0.2) is 43.2 Å². The van der Waals surface area contributed by atoms with Crippen LogP contribution in [0.3, 0.4) is 0 Å². The standard InChI is InChI=1S/C5H11N3O/c1-7(5-9)8-3-2-6-4-8/h5-6H,2-4H2,1H3. The minimum atomic E-state index is 0.787. The molecule has 1 aliphatic rings. The second kappa shape index (κ2) is 2.80. The van der Waals surface area contributed by atoms with Crippen LogP contribution in [0.4, 0.5) is 0 Å². The fourth-order valence-corrected chi connectivity index (χ4v) is 0.831. The Bertz CT molecular complexity index is 100. The quantitative estimate of drug-likeness (QED) is 0.478. The number of rotatable bonds is 2. The zero-order valence-electron chi connectivity index (χ0n) is 5.50. The smallest absolute Gasteiger partial charge is 0.223 e. The first-order valence-corrected chi connectivity index (χ1v) is 2.98. The third-order valence-corrected chi connectivity index (χ3v) is 1.44. The van der Waals surface area contributed by atoms with Crippen molar-refractivity contribution in [3.63, 3.8) is 0 Å². The lowest BCUT2D eigenvalue weighted by molar-refractivity contribution is -0.129. The minimum Gasteiger partial charge on any atom is -0.302 e. The molecule has 0 spiro atoms. The predicted molar refractivity (Wildman–Crippen MR) is 33.4 cm³/mol. The van der Waals surface area contributed by atoms with Crippen molar-refractivity contribution in [2.45, 2.75) is 0 Å². The second-order valence-corrected chi connectivity index (χ2v) is 2.07. The van der Waals surface area contributed by atoms with Gasteiger partial charge in [-0.2, -0.15) is 0 Å². The molecule has 9 heavy (non-hydrogen) atoms. The summed E-state index contributed by atoms with van der Waals surface area (Å²) in [6.07, 6.45) is 0.812. The van der Waals surface area contributed by atoms with E-state index in [0.717, 1.165) is 26.2 Å². The lowest BCUT2D eigenvalue weighted by Gasteiger charge is -2.21. The molecule has 0 bridgehead atoms. The van der Waals surface area contributed by atoms with Gasteiger partial charge in [0.05, 0.1) is 6.67 Å². The molecule has 1 saturated heterocycles. The third-order valence-electron chi connectivity index (χ3n) is 1.44. The van der Waals surface area contributed by atoms with Crippen molar-refractivity contribution in [3.05, 3.63) is 0 Å². The second-order valence-electron chi connectivity index (χ2n) is 2.07. The van der Waals surface area contributed by atoms with Gasteiger partial charge in [-0.15, -0.1) is 0 Å². The van der Waals surface area contributed by atoms with Crippen molar-refractivity contribution in [2.24, 2.45) is 0 Å². The van der Waals surface area contributed by atoms with E-state index in [4.69, 9.17) is 0 Å². The van der Waals surface area contributed by atoms with Crippen molar-refractivity contribution in [1.82, 2.24) is 15.3 Å². The molecule has 0 aromatic carbocycles. The Morgan fingerprint density at radius 2 is 2.56 bits per heavy atom. The fraction of sp³-hybridized carbons (Fsp3) is 0.800. The maximum Gasteiger partial charge on any atom is 0.223 e. The fourth-order valence-electron chi connectivity index (χ4n) is 0.831. The summed E-state index contributed by atoms with van der Waals surface area (Å²) in [7, 11) is 1.75. The monoisotopic (exact) mass is 129 g/mol. The van der Waals surface area contributed by atoms with Crippen molar-refractivity contribution < 1.29 is 4.79 Å². The van der Waals surface area contributed by atoms with Gasteiger partial charge < -0.3 is 5.32 Å². The van der Waals surface area contributed by atoms with Crippen LogP contribution in [-0.2, 0) is 4.79 Å². The van der Waals surface area contributed by atoms with Crippen LogP contribution in [0.1, 0.15) is 0 Å². The average molecular weight is 129 g/mol. The van der Waals surface area contributed by atoms with Gasteiger partial charge in [-0.25, -0.2) is 5.01 Å². The number of hydrogen-bond acceptors (Lipinski definition) is 3. The first-order chi connectivity index (χ1) is 4.34. The van der Waals surface area contributed by atoms with Gasteiger partial charge in [0.2, 0.25) is 6.41 Å². The van der Waals surface area contributed by atoms with Crippen LogP contribution in [0.15, 0.2) is 0 Å². The van der Waals surface area contributed by atoms with E-state index < -0.39 is 0 Å². The molecule has 1 fully saturated rings. The highest BCUT2D eigenvalue weighted by atomic mass is 16.1. The molecule has 1 amide bonds. The molecule has 1 aliphatic heterocycles. The van der Waals surface area contributed by atoms with Gasteiger partial charge in [0.1, 0.15) is 0 Å². The van der Waals surface area contributed by atoms with Crippen LogP contribution in [0.25, 0.3) is 0 Å². The lowest BCUT2D eigenvalue weighted by atomic mass is 10.7. The number of carbonyl (C=O) groups excluding carboxylic acids is 1. The summed E-state index contributed by atoms with van der Waals surface area (Å²) in [6.45, 7) is 2.68. The molecule has 52 valence electrons. The highest BCUT2D eigenvalue weighted by Crippen LogP contribution is 1.92. The van der Waals surface area contributed by atoms with E-state index in [1.807, 2.05) is 5.01 Å². The van der Waals surface area contributed by atoms with E-state index in [1.54, 1.807) is 12.1 Å². The Kier molecular flexibility index (Phi) is 2.02. The maximum absolute atomic E-state index is 10.1. The molecule has 1 N–H and O–H groups in total. The first kappa shape index (κ1) is 6.51. The predicted octanol–water partition coefficient (Wildman–Crippen LogP) is -1.15. The van der Waals surface area contributed by atoms with Gasteiger partial charge in [0, 0.05) is 20.1 Å². The summed E-state index contributed by atoms with van der Waals surface area (Å²) in [4.78, 5) is 10.1. The van der Waals surface area contributed by atoms with Crippen LogP contribution >= 0.6 is 0 Å². The first-order valence-electron chi connectivity index (χ1n) is 2.98. The largest absolute Gasteiger partial charge is 0.302 e. The average Bonchev–Trinajstić information content (AvgIpc) is 2.37. The van der Waals surface area contributed by atoms with Crippen LogP contribution in [0.5, 0.6) is 0 Å². The van der Waals surface area contributed by atoms with Crippen LogP contribution in [0, 0.1) is 0 Å². The summed E-state index contributed by atoms with van der Waals surface area (Å²) in [5.41, 5.74) is 0. The third kappa shape index (κ3) is 1.40. The minimum absolute atomic E-state index is 0.787. The molecule has 0 radical (unpaired) electrons. The highest BCUT2D eigenvalue weighted by molar-refractivity contribution is 5.45. The molecule has 0 aromatic heterocycles. The molecular formula is C5H11N3O. The number of amides is 1. The summed E-state index contributed by atoms with van der Waals surface area (Å²) in [6, 6.07) is 0. The molecule has 0 saturated carbocycles. The number of carbonyl (C=O) groups is 1. The topological polar surface area (TPSA) is 35.6 Å². The Morgan fingerprint density at radius 1 is 1.78 bits per heavy atom. The lowest BCUT2D eigenvalue weighted by Crippen LogP contribution is -2.37.